The predicted molar refractivity (Wildman–Crippen MR) is 92.4 cm³/mol. The smallest absolute Gasteiger partial charge is 0.255 e. The average molecular weight is 334 g/mol. The Morgan fingerprint density at radius 2 is 1.80 bits per heavy atom. The Morgan fingerprint density at radius 1 is 1.00 bits per heavy atom. The molecule has 2 aromatic carbocycles. The Labute approximate surface area is 143 Å². The number of nitrogens with one attached hydrogen (secondary N) is 1. The minimum Gasteiger partial charge on any atom is -0.454 e. The molecule has 3 N–H and O–H groups in total. The van der Waals surface area contributed by atoms with Crippen molar-refractivity contribution in [3.8, 4) is 22.6 Å². The van der Waals surface area contributed by atoms with E-state index >= 15 is 0 Å². The van der Waals surface area contributed by atoms with Gasteiger partial charge in [-0.1, -0.05) is 12.1 Å². The highest BCUT2D eigenvalue weighted by Gasteiger charge is 2.16. The molecule has 0 spiro atoms. The van der Waals surface area contributed by atoms with E-state index < -0.39 is 0 Å². The first-order valence-electron chi connectivity index (χ1n) is 7.58. The minimum absolute atomic E-state index is 0.173. The molecule has 0 unspecified atom stereocenters. The third kappa shape index (κ3) is 3.07. The summed E-state index contributed by atoms with van der Waals surface area (Å²) in [5.74, 6) is 1.20. The van der Waals surface area contributed by atoms with Crippen LogP contribution >= 0.6 is 0 Å². The lowest BCUT2D eigenvalue weighted by molar-refractivity contribution is 0.102. The SMILES string of the molecule is Nc1ncc(-c2cccc(NC(=O)c3ccc4c(c3)OCO4)c2)cn1. The zero-order valence-corrected chi connectivity index (χ0v) is 13.1. The Bertz CT molecular complexity index is 941. The largest absolute Gasteiger partial charge is 0.454 e. The second kappa shape index (κ2) is 6.12. The van der Waals surface area contributed by atoms with Crippen molar-refractivity contribution in [2.24, 2.45) is 0 Å². The van der Waals surface area contributed by atoms with E-state index in [0.717, 1.165) is 11.1 Å². The van der Waals surface area contributed by atoms with Crippen molar-refractivity contribution >= 4 is 17.5 Å². The van der Waals surface area contributed by atoms with Gasteiger partial charge < -0.3 is 20.5 Å². The highest BCUT2D eigenvalue weighted by molar-refractivity contribution is 6.05. The lowest BCUT2D eigenvalue weighted by Crippen LogP contribution is -2.11. The van der Waals surface area contributed by atoms with Gasteiger partial charge in [-0.25, -0.2) is 9.97 Å². The number of anilines is 2. The van der Waals surface area contributed by atoms with Crippen LogP contribution in [-0.2, 0) is 0 Å². The van der Waals surface area contributed by atoms with Crippen LogP contribution in [0.15, 0.2) is 54.9 Å². The molecule has 0 bridgehead atoms. The van der Waals surface area contributed by atoms with Crippen molar-refractivity contribution in [3.05, 3.63) is 60.4 Å². The van der Waals surface area contributed by atoms with Crippen LogP contribution in [-0.4, -0.2) is 22.7 Å². The van der Waals surface area contributed by atoms with E-state index in [9.17, 15) is 4.79 Å². The number of ether oxygens (including phenoxy) is 2. The Kier molecular flexibility index (Phi) is 3.66. The van der Waals surface area contributed by atoms with E-state index in [2.05, 4.69) is 15.3 Å². The number of carbonyl (C=O) groups is 1. The summed E-state index contributed by atoms with van der Waals surface area (Å²) in [5, 5.41) is 2.87. The van der Waals surface area contributed by atoms with Gasteiger partial charge in [0.15, 0.2) is 11.5 Å². The maximum absolute atomic E-state index is 12.5. The van der Waals surface area contributed by atoms with Gasteiger partial charge in [0.1, 0.15) is 0 Å². The standard InChI is InChI=1S/C18H14N4O3/c19-18-20-8-13(9-21-18)11-2-1-3-14(6-11)22-17(23)12-4-5-15-16(7-12)25-10-24-15/h1-9H,10H2,(H,22,23)(H2,19,20,21). The zero-order chi connectivity index (χ0) is 17.2. The van der Waals surface area contributed by atoms with Crippen LogP contribution in [0, 0.1) is 0 Å². The number of carbonyl (C=O) groups excluding carboxylic acids is 1. The first-order valence-corrected chi connectivity index (χ1v) is 7.58. The van der Waals surface area contributed by atoms with Gasteiger partial charge in [-0.15, -0.1) is 0 Å². The second-order valence-corrected chi connectivity index (χ2v) is 5.43. The molecular weight excluding hydrogens is 320 g/mol. The third-order valence-corrected chi connectivity index (χ3v) is 3.76. The van der Waals surface area contributed by atoms with Crippen LogP contribution in [0.1, 0.15) is 10.4 Å². The van der Waals surface area contributed by atoms with Crippen LogP contribution in [0.3, 0.4) is 0 Å². The van der Waals surface area contributed by atoms with E-state index in [0.29, 0.717) is 22.7 Å². The summed E-state index contributed by atoms with van der Waals surface area (Å²) in [6.45, 7) is 0.173. The monoisotopic (exact) mass is 334 g/mol. The molecule has 1 amide bonds. The van der Waals surface area contributed by atoms with Crippen LogP contribution in [0.25, 0.3) is 11.1 Å². The number of hydrogen-bond donors (Lipinski definition) is 2. The van der Waals surface area contributed by atoms with Gasteiger partial charge in [-0.2, -0.15) is 0 Å². The van der Waals surface area contributed by atoms with Crippen LogP contribution in [0.5, 0.6) is 11.5 Å². The Morgan fingerprint density at radius 3 is 2.64 bits per heavy atom. The predicted octanol–water partition coefficient (Wildman–Crippen LogP) is 2.71. The highest BCUT2D eigenvalue weighted by atomic mass is 16.7. The van der Waals surface area contributed by atoms with Crippen molar-refractivity contribution < 1.29 is 14.3 Å². The normalized spacial score (nSPS) is 12.0. The summed E-state index contributed by atoms with van der Waals surface area (Å²) in [6, 6.07) is 12.5. The molecule has 3 aromatic rings. The first kappa shape index (κ1) is 14.9. The highest BCUT2D eigenvalue weighted by Crippen LogP contribution is 2.32. The molecule has 124 valence electrons. The summed E-state index contributed by atoms with van der Waals surface area (Å²) >= 11 is 0. The number of rotatable bonds is 3. The summed E-state index contributed by atoms with van der Waals surface area (Å²) < 4.78 is 10.5. The number of amides is 1. The summed E-state index contributed by atoms with van der Waals surface area (Å²) in [5.41, 5.74) is 8.35. The minimum atomic E-state index is -0.232. The van der Waals surface area contributed by atoms with E-state index in [1.54, 1.807) is 30.6 Å². The molecule has 1 aliphatic heterocycles. The fourth-order valence-corrected chi connectivity index (χ4v) is 2.50. The quantitative estimate of drug-likeness (QED) is 0.764. The molecule has 0 atom stereocenters. The number of hydrogen-bond acceptors (Lipinski definition) is 6. The Balaban J connectivity index is 1.55. The molecule has 7 heteroatoms. The van der Waals surface area contributed by atoms with Gasteiger partial charge in [-0.3, -0.25) is 4.79 Å². The van der Waals surface area contributed by atoms with Crippen LogP contribution in [0.4, 0.5) is 11.6 Å². The molecule has 1 aliphatic rings. The van der Waals surface area contributed by atoms with Crippen molar-refractivity contribution in [1.29, 1.82) is 0 Å². The second-order valence-electron chi connectivity index (χ2n) is 5.43. The third-order valence-electron chi connectivity index (χ3n) is 3.76. The summed E-state index contributed by atoms with van der Waals surface area (Å²) in [7, 11) is 0. The van der Waals surface area contributed by atoms with E-state index in [1.807, 2.05) is 24.3 Å². The summed E-state index contributed by atoms with van der Waals surface area (Å²) in [4.78, 5) is 20.4. The first-order chi connectivity index (χ1) is 12.2. The lowest BCUT2D eigenvalue weighted by atomic mass is 10.1. The van der Waals surface area contributed by atoms with Gasteiger partial charge in [0.25, 0.3) is 5.91 Å². The zero-order valence-electron chi connectivity index (χ0n) is 13.1. The van der Waals surface area contributed by atoms with Gasteiger partial charge >= 0.3 is 0 Å². The molecule has 2 heterocycles. The van der Waals surface area contributed by atoms with Gasteiger partial charge in [-0.05, 0) is 35.9 Å². The van der Waals surface area contributed by atoms with E-state index in [4.69, 9.17) is 15.2 Å². The molecule has 7 nitrogen and oxygen atoms in total. The van der Waals surface area contributed by atoms with Gasteiger partial charge in [0.2, 0.25) is 12.7 Å². The van der Waals surface area contributed by atoms with Crippen LogP contribution in [0.2, 0.25) is 0 Å². The van der Waals surface area contributed by atoms with Gasteiger partial charge in [0, 0.05) is 29.2 Å². The van der Waals surface area contributed by atoms with E-state index in [1.165, 1.54) is 0 Å². The molecule has 25 heavy (non-hydrogen) atoms. The number of nitrogen functional groups attached to an aromatic ring is 1. The number of nitrogens with zero attached hydrogens (tertiary/aromatic N) is 2. The number of fused-ring (bicyclic) bond motifs is 1. The molecule has 0 aliphatic carbocycles. The topological polar surface area (TPSA) is 99.4 Å². The molecular formula is C18H14N4O3. The number of nitrogens with two attached hydrogens (primary N) is 1. The van der Waals surface area contributed by atoms with Crippen molar-refractivity contribution in [1.82, 2.24) is 9.97 Å². The fourth-order valence-electron chi connectivity index (χ4n) is 2.50. The molecule has 0 fully saturated rings. The maximum Gasteiger partial charge on any atom is 0.255 e. The van der Waals surface area contributed by atoms with E-state index in [-0.39, 0.29) is 18.6 Å². The van der Waals surface area contributed by atoms with Crippen molar-refractivity contribution in [2.45, 2.75) is 0 Å². The summed E-state index contributed by atoms with van der Waals surface area (Å²) in [6.07, 6.45) is 3.28. The average Bonchev–Trinajstić information content (AvgIpc) is 3.10. The number of aromatic nitrogens is 2. The maximum atomic E-state index is 12.5. The molecule has 1 aromatic heterocycles. The van der Waals surface area contributed by atoms with Crippen LogP contribution < -0.4 is 20.5 Å². The fraction of sp³-hybridized carbons (Fsp3) is 0.0556. The van der Waals surface area contributed by atoms with Crippen molar-refractivity contribution in [3.63, 3.8) is 0 Å². The molecule has 0 saturated carbocycles. The Hall–Kier alpha value is -3.61. The van der Waals surface area contributed by atoms with Crippen molar-refractivity contribution in [2.75, 3.05) is 17.8 Å². The lowest BCUT2D eigenvalue weighted by Gasteiger charge is -2.08. The molecule has 4 rings (SSSR count). The number of benzene rings is 2. The van der Waals surface area contributed by atoms with Gasteiger partial charge in [0.05, 0.1) is 0 Å². The molecule has 0 saturated heterocycles. The molecule has 0 radical (unpaired) electrons.